The number of pyridine rings is 2. The molecule has 0 unspecified atom stereocenters. The highest BCUT2D eigenvalue weighted by Crippen LogP contribution is 2.09. The zero-order valence-electron chi connectivity index (χ0n) is 19.4. The second-order valence-corrected chi connectivity index (χ2v) is 8.04. The maximum Gasteiger partial charge on any atom is 0.212 e. The predicted molar refractivity (Wildman–Crippen MR) is 132 cm³/mol. The zero-order chi connectivity index (χ0) is 21.8. The third kappa shape index (κ3) is 7.98. The second kappa shape index (κ2) is 15.3. The number of rotatable bonds is 8. The summed E-state index contributed by atoms with van der Waals surface area (Å²) in [5, 5.41) is 2.58. The van der Waals surface area contributed by atoms with E-state index in [2.05, 4.69) is 118 Å². The molecule has 0 aliphatic rings. The molecule has 0 fully saturated rings. The molecule has 0 saturated heterocycles. The Morgan fingerprint density at radius 2 is 0.912 bits per heavy atom. The normalized spacial score (nSPS) is 9.76. The van der Waals surface area contributed by atoms with Crippen molar-refractivity contribution in [2.75, 3.05) is 0 Å². The fourth-order valence-electron chi connectivity index (χ4n) is 4.04. The maximum atomic E-state index is 3.21. The van der Waals surface area contributed by atoms with Gasteiger partial charge in [0, 0.05) is 60.7 Å². The summed E-state index contributed by atoms with van der Waals surface area (Å²) in [4.78, 5) is 0. The van der Waals surface area contributed by atoms with Crippen LogP contribution in [0.4, 0.5) is 0 Å². The molecule has 4 aromatic rings. The number of para-hydroxylation sites is 2. The number of unbranched alkanes of at least 4 members (excludes halogenated alkanes) is 4. The highest BCUT2D eigenvalue weighted by atomic mass is 79.9. The summed E-state index contributed by atoms with van der Waals surface area (Å²) in [5.74, 6) is 12.5. The first kappa shape index (κ1) is 27.6. The molecule has 0 atom stereocenters. The first-order valence-electron chi connectivity index (χ1n) is 11.6. The van der Waals surface area contributed by atoms with E-state index in [1.807, 2.05) is 0 Å². The number of aromatic nitrogens is 2. The summed E-state index contributed by atoms with van der Waals surface area (Å²) < 4.78 is 4.66. The standard InChI is InChI=1S/C30H30N2.2BrH/c1(3-5-7-13-23-31-25-15-19-27-17-9-11-21-29(27)31)2-4-6-8-14-24-32-26-16-20-28-18-10-12-22-30(28)32;;/h9-12,15-22,25-26H,5-8,13-14,23-24H2;2*1H/q+2;;/p-2. The van der Waals surface area contributed by atoms with Crippen LogP contribution >= 0.6 is 0 Å². The number of halogens is 2. The molecular formula is C30H30Br2N2. The molecule has 2 heterocycles. The van der Waals surface area contributed by atoms with Crippen LogP contribution in [0.2, 0.25) is 0 Å². The van der Waals surface area contributed by atoms with Crippen LogP contribution in [0.5, 0.6) is 0 Å². The van der Waals surface area contributed by atoms with Crippen LogP contribution in [0.15, 0.2) is 85.2 Å². The van der Waals surface area contributed by atoms with E-state index in [1.54, 1.807) is 0 Å². The monoisotopic (exact) mass is 576 g/mol. The molecule has 0 amide bonds. The minimum Gasteiger partial charge on any atom is -1.00 e. The van der Waals surface area contributed by atoms with E-state index in [-0.39, 0.29) is 34.0 Å². The molecule has 4 rings (SSSR count). The first-order chi connectivity index (χ1) is 15.9. The topological polar surface area (TPSA) is 7.76 Å². The summed E-state index contributed by atoms with van der Waals surface area (Å²) in [6.45, 7) is 2.06. The SMILES string of the molecule is C(C#CCCCC[n+]1cccc2ccccc21)#CCCCC[n+]1cccc2ccccc21.[Br-].[Br-]. The van der Waals surface area contributed by atoms with Crippen LogP contribution < -0.4 is 43.1 Å². The molecule has 0 N–H and O–H groups in total. The van der Waals surface area contributed by atoms with E-state index < -0.39 is 0 Å². The van der Waals surface area contributed by atoms with E-state index in [0.717, 1.165) is 51.6 Å². The quantitative estimate of drug-likeness (QED) is 0.153. The molecule has 0 aliphatic heterocycles. The summed E-state index contributed by atoms with van der Waals surface area (Å²) in [7, 11) is 0. The highest BCUT2D eigenvalue weighted by Gasteiger charge is 2.07. The Bertz CT molecular complexity index is 1200. The number of benzene rings is 2. The van der Waals surface area contributed by atoms with E-state index in [4.69, 9.17) is 0 Å². The van der Waals surface area contributed by atoms with Crippen LogP contribution in [0.1, 0.15) is 38.5 Å². The van der Waals surface area contributed by atoms with Crippen molar-refractivity contribution in [3.05, 3.63) is 85.2 Å². The Morgan fingerprint density at radius 1 is 0.500 bits per heavy atom. The fourth-order valence-corrected chi connectivity index (χ4v) is 4.04. The lowest BCUT2D eigenvalue weighted by Gasteiger charge is -2.00. The first-order valence-corrected chi connectivity index (χ1v) is 11.6. The Hall–Kier alpha value is -2.66. The van der Waals surface area contributed by atoms with Crippen LogP contribution in [0, 0.1) is 23.7 Å². The molecule has 174 valence electrons. The van der Waals surface area contributed by atoms with Crippen LogP contribution in [0.25, 0.3) is 21.8 Å². The minimum absolute atomic E-state index is 0. The molecule has 2 nitrogen and oxygen atoms in total. The Morgan fingerprint density at radius 3 is 1.38 bits per heavy atom. The summed E-state index contributed by atoms with van der Waals surface area (Å²) in [5.41, 5.74) is 2.59. The van der Waals surface area contributed by atoms with Crippen molar-refractivity contribution >= 4 is 21.8 Å². The predicted octanol–water partition coefficient (Wildman–Crippen LogP) is -0.376. The lowest BCUT2D eigenvalue weighted by atomic mass is 10.2. The van der Waals surface area contributed by atoms with Gasteiger partial charge >= 0.3 is 0 Å². The molecule has 0 bridgehead atoms. The van der Waals surface area contributed by atoms with Gasteiger partial charge in [-0.3, -0.25) is 0 Å². The lowest BCUT2D eigenvalue weighted by Crippen LogP contribution is -3.00. The van der Waals surface area contributed by atoms with Gasteiger partial charge in [-0.2, -0.15) is 9.13 Å². The van der Waals surface area contributed by atoms with Crippen molar-refractivity contribution in [1.29, 1.82) is 0 Å². The number of fused-ring (bicyclic) bond motifs is 2. The van der Waals surface area contributed by atoms with E-state index in [0.29, 0.717) is 0 Å². The van der Waals surface area contributed by atoms with Crippen LogP contribution in [-0.2, 0) is 13.1 Å². The van der Waals surface area contributed by atoms with Gasteiger partial charge in [-0.05, 0) is 48.9 Å². The largest absolute Gasteiger partial charge is 1.00 e. The van der Waals surface area contributed by atoms with Crippen molar-refractivity contribution < 1.29 is 43.1 Å². The van der Waals surface area contributed by atoms with Gasteiger partial charge in [-0.1, -0.05) is 36.1 Å². The molecular weight excluding hydrogens is 548 g/mol. The van der Waals surface area contributed by atoms with E-state index in [1.165, 1.54) is 21.8 Å². The van der Waals surface area contributed by atoms with Gasteiger partial charge in [0.05, 0.1) is 0 Å². The molecule has 0 radical (unpaired) electrons. The minimum atomic E-state index is 0. The van der Waals surface area contributed by atoms with Crippen molar-refractivity contribution in [3.63, 3.8) is 0 Å². The third-order valence-corrected chi connectivity index (χ3v) is 5.72. The molecule has 0 aliphatic carbocycles. The van der Waals surface area contributed by atoms with Gasteiger partial charge in [0.2, 0.25) is 11.0 Å². The Labute approximate surface area is 224 Å². The van der Waals surface area contributed by atoms with Gasteiger partial charge in [0.25, 0.3) is 0 Å². The number of hydrogen-bond donors (Lipinski definition) is 0. The smallest absolute Gasteiger partial charge is 0.212 e. The van der Waals surface area contributed by atoms with Crippen LogP contribution in [-0.4, -0.2) is 0 Å². The van der Waals surface area contributed by atoms with Gasteiger partial charge in [0.15, 0.2) is 12.4 Å². The maximum absolute atomic E-state index is 3.21. The molecule has 4 heteroatoms. The van der Waals surface area contributed by atoms with E-state index in [9.17, 15) is 0 Å². The fraction of sp³-hybridized carbons (Fsp3) is 0.267. The molecule has 34 heavy (non-hydrogen) atoms. The average Bonchev–Trinajstić information content (AvgIpc) is 2.85. The number of aryl methyl sites for hydroxylation is 2. The number of nitrogens with zero attached hydrogens (tertiary/aromatic N) is 2. The van der Waals surface area contributed by atoms with Gasteiger partial charge < -0.3 is 34.0 Å². The van der Waals surface area contributed by atoms with Crippen molar-refractivity contribution in [2.45, 2.75) is 51.6 Å². The lowest BCUT2D eigenvalue weighted by molar-refractivity contribution is -0.672. The average molecular weight is 578 g/mol. The van der Waals surface area contributed by atoms with Crippen molar-refractivity contribution in [1.82, 2.24) is 0 Å². The highest BCUT2D eigenvalue weighted by molar-refractivity contribution is 5.75. The second-order valence-electron chi connectivity index (χ2n) is 8.04. The molecule has 2 aromatic heterocycles. The molecule has 0 saturated carbocycles. The van der Waals surface area contributed by atoms with Gasteiger partial charge in [0.1, 0.15) is 13.1 Å². The van der Waals surface area contributed by atoms with Crippen molar-refractivity contribution in [2.24, 2.45) is 0 Å². The summed E-state index contributed by atoms with van der Waals surface area (Å²) in [6.07, 6.45) is 10.6. The van der Waals surface area contributed by atoms with Crippen LogP contribution in [0.3, 0.4) is 0 Å². The Balaban J connectivity index is 0.00000204. The molecule has 2 aromatic carbocycles. The van der Waals surface area contributed by atoms with E-state index >= 15 is 0 Å². The van der Waals surface area contributed by atoms with Gasteiger partial charge in [-0.25, -0.2) is 0 Å². The summed E-state index contributed by atoms with van der Waals surface area (Å²) in [6, 6.07) is 25.7. The summed E-state index contributed by atoms with van der Waals surface area (Å²) >= 11 is 0. The zero-order valence-corrected chi connectivity index (χ0v) is 22.6. The number of hydrogen-bond acceptors (Lipinski definition) is 0. The third-order valence-electron chi connectivity index (χ3n) is 5.72. The van der Waals surface area contributed by atoms with Gasteiger partial charge in [-0.15, -0.1) is 0 Å². The van der Waals surface area contributed by atoms with Crippen molar-refractivity contribution in [3.8, 4) is 23.7 Å². The Kier molecular flexibility index (Phi) is 12.4. The molecule has 0 spiro atoms.